The summed E-state index contributed by atoms with van der Waals surface area (Å²) in [6.07, 6.45) is 2.60. The molecule has 0 radical (unpaired) electrons. The number of aryl methyl sites for hydroxylation is 3. The van der Waals surface area contributed by atoms with Gasteiger partial charge in [-0.25, -0.2) is 0 Å². The normalized spacial score (nSPS) is 18.6. The fraction of sp³-hybridized carbons (Fsp3) is 0.500. The molecule has 1 fully saturated rings. The third-order valence-electron chi connectivity index (χ3n) is 5.62. The van der Waals surface area contributed by atoms with Crippen LogP contribution in [0.4, 0.5) is 5.69 Å². The predicted octanol–water partition coefficient (Wildman–Crippen LogP) is 2.24. The Bertz CT molecular complexity index is 921. The monoisotopic (exact) mass is 396 g/mol. The van der Waals surface area contributed by atoms with Crippen LogP contribution in [0.2, 0.25) is 0 Å². The largest absolute Gasteiger partial charge is 0.373 e. The zero-order valence-electron chi connectivity index (χ0n) is 17.1. The molecule has 1 saturated heterocycles. The highest BCUT2D eigenvalue weighted by atomic mass is 16.5. The smallest absolute Gasteiger partial charge is 0.228 e. The number of hydrogen-bond acceptors (Lipinski definition) is 4. The molecule has 0 bridgehead atoms. The number of aromatic nitrogens is 2. The molecule has 0 spiro atoms. The number of carbonyl (C=O) groups is 2. The Balaban J connectivity index is 1.26. The van der Waals surface area contributed by atoms with E-state index in [-0.39, 0.29) is 17.9 Å². The van der Waals surface area contributed by atoms with Crippen LogP contribution >= 0.6 is 0 Å². The molecular formula is C22H28N4O3. The number of nitrogens with one attached hydrogen (secondary N) is 1. The lowest BCUT2D eigenvalue weighted by Gasteiger charge is -2.33. The van der Waals surface area contributed by atoms with Crippen LogP contribution in [0.25, 0.3) is 0 Å². The number of ether oxygens (including phenoxy) is 1. The highest BCUT2D eigenvalue weighted by Crippen LogP contribution is 2.24. The van der Waals surface area contributed by atoms with Crippen molar-refractivity contribution in [3.05, 3.63) is 46.8 Å². The van der Waals surface area contributed by atoms with E-state index in [0.717, 1.165) is 35.5 Å². The van der Waals surface area contributed by atoms with Gasteiger partial charge in [0, 0.05) is 30.9 Å². The third kappa shape index (κ3) is 4.67. The minimum Gasteiger partial charge on any atom is -0.373 e. The molecule has 7 nitrogen and oxygen atoms in total. The molecule has 1 unspecified atom stereocenters. The van der Waals surface area contributed by atoms with Gasteiger partial charge < -0.3 is 15.0 Å². The van der Waals surface area contributed by atoms with E-state index in [2.05, 4.69) is 22.5 Å². The molecule has 4 rings (SSSR count). The first-order valence-corrected chi connectivity index (χ1v) is 10.3. The van der Waals surface area contributed by atoms with Crippen molar-refractivity contribution in [2.45, 2.75) is 52.2 Å². The number of fused-ring (bicyclic) bond motifs is 1. The van der Waals surface area contributed by atoms with Crippen molar-refractivity contribution in [2.75, 3.05) is 25.0 Å². The minimum absolute atomic E-state index is 0.0209. The van der Waals surface area contributed by atoms with Crippen LogP contribution < -0.4 is 5.32 Å². The molecule has 1 aromatic heterocycles. The van der Waals surface area contributed by atoms with Gasteiger partial charge in [-0.2, -0.15) is 5.10 Å². The van der Waals surface area contributed by atoms with E-state index in [1.165, 1.54) is 5.56 Å². The lowest BCUT2D eigenvalue weighted by Crippen LogP contribution is -2.47. The zero-order chi connectivity index (χ0) is 20.4. The number of morpholine rings is 1. The zero-order valence-corrected chi connectivity index (χ0v) is 17.1. The Morgan fingerprint density at radius 2 is 2.17 bits per heavy atom. The first-order chi connectivity index (χ1) is 14.0. The van der Waals surface area contributed by atoms with Gasteiger partial charge in [-0.05, 0) is 49.9 Å². The number of benzene rings is 1. The molecule has 7 heteroatoms. The maximum absolute atomic E-state index is 12.7. The van der Waals surface area contributed by atoms with Gasteiger partial charge in [0.1, 0.15) is 0 Å². The summed E-state index contributed by atoms with van der Waals surface area (Å²) in [5.41, 5.74) is 5.26. The maximum Gasteiger partial charge on any atom is 0.228 e. The summed E-state index contributed by atoms with van der Waals surface area (Å²) in [5, 5.41) is 7.34. The summed E-state index contributed by atoms with van der Waals surface area (Å²) in [4.78, 5) is 26.1. The summed E-state index contributed by atoms with van der Waals surface area (Å²) in [5.74, 6) is 0.235. The van der Waals surface area contributed by atoms with Gasteiger partial charge in [-0.1, -0.05) is 12.1 Å². The molecule has 2 aliphatic heterocycles. The summed E-state index contributed by atoms with van der Waals surface area (Å²) in [7, 11) is 0. The minimum atomic E-state index is -0.0209. The molecule has 0 saturated carbocycles. The van der Waals surface area contributed by atoms with Gasteiger partial charge in [0.15, 0.2) is 0 Å². The SMILES string of the molecule is Cc1cc(C)n(CC2CN(C(=O)CCCc3ccc4c(c3)CC(=O)N4)CCO2)n1. The number of nitrogens with zero attached hydrogens (tertiary/aromatic N) is 3. The topological polar surface area (TPSA) is 76.5 Å². The highest BCUT2D eigenvalue weighted by molar-refractivity contribution is 5.99. The lowest BCUT2D eigenvalue weighted by molar-refractivity contribution is -0.139. The third-order valence-corrected chi connectivity index (χ3v) is 5.62. The fourth-order valence-electron chi connectivity index (χ4n) is 4.15. The molecule has 0 aliphatic carbocycles. The maximum atomic E-state index is 12.7. The Morgan fingerprint density at radius 3 is 2.97 bits per heavy atom. The Labute approximate surface area is 171 Å². The van der Waals surface area contributed by atoms with Crippen LogP contribution in [0.15, 0.2) is 24.3 Å². The molecule has 2 aliphatic rings. The average molecular weight is 396 g/mol. The molecule has 2 aromatic rings. The highest BCUT2D eigenvalue weighted by Gasteiger charge is 2.25. The molecule has 1 atom stereocenters. The van der Waals surface area contributed by atoms with Crippen molar-refractivity contribution >= 4 is 17.5 Å². The quantitative estimate of drug-likeness (QED) is 0.813. The van der Waals surface area contributed by atoms with Gasteiger partial charge in [-0.15, -0.1) is 0 Å². The van der Waals surface area contributed by atoms with E-state index in [4.69, 9.17) is 4.74 Å². The second-order valence-electron chi connectivity index (χ2n) is 8.01. The summed E-state index contributed by atoms with van der Waals surface area (Å²) in [6.45, 7) is 6.53. The van der Waals surface area contributed by atoms with Crippen molar-refractivity contribution in [1.29, 1.82) is 0 Å². The summed E-state index contributed by atoms with van der Waals surface area (Å²) >= 11 is 0. The van der Waals surface area contributed by atoms with Crippen LogP contribution in [0.5, 0.6) is 0 Å². The molecule has 29 heavy (non-hydrogen) atoms. The van der Waals surface area contributed by atoms with Crippen molar-refractivity contribution in [1.82, 2.24) is 14.7 Å². The van der Waals surface area contributed by atoms with E-state index in [1.54, 1.807) is 0 Å². The van der Waals surface area contributed by atoms with Gasteiger partial charge in [-0.3, -0.25) is 14.3 Å². The predicted molar refractivity (Wildman–Crippen MR) is 110 cm³/mol. The molecule has 1 N–H and O–H groups in total. The van der Waals surface area contributed by atoms with Crippen LogP contribution in [-0.4, -0.2) is 52.3 Å². The average Bonchev–Trinajstić information content (AvgIpc) is 3.21. The fourth-order valence-corrected chi connectivity index (χ4v) is 4.15. The van der Waals surface area contributed by atoms with E-state index < -0.39 is 0 Å². The van der Waals surface area contributed by atoms with Crippen molar-refractivity contribution in [3.63, 3.8) is 0 Å². The molecule has 2 amide bonds. The molecular weight excluding hydrogens is 368 g/mol. The van der Waals surface area contributed by atoms with Gasteiger partial charge in [0.2, 0.25) is 11.8 Å². The Kier molecular flexibility index (Phi) is 5.67. The van der Waals surface area contributed by atoms with E-state index >= 15 is 0 Å². The van der Waals surface area contributed by atoms with Crippen LogP contribution in [-0.2, 0) is 33.7 Å². The second kappa shape index (κ2) is 8.37. The van der Waals surface area contributed by atoms with Crippen molar-refractivity contribution in [2.24, 2.45) is 0 Å². The Hall–Kier alpha value is -2.67. The molecule has 3 heterocycles. The molecule has 1 aromatic carbocycles. The van der Waals surface area contributed by atoms with Gasteiger partial charge in [0.05, 0.1) is 31.4 Å². The molecule has 154 valence electrons. The standard InChI is InChI=1S/C22H28N4O3/c1-15-10-16(2)26(24-15)14-19-13-25(8-9-29-19)22(28)5-3-4-17-6-7-20-18(11-17)12-21(27)23-20/h6-7,10-11,19H,3-5,8-9,12-14H2,1-2H3,(H,23,27). The first-order valence-electron chi connectivity index (χ1n) is 10.3. The van der Waals surface area contributed by atoms with Crippen LogP contribution in [0, 0.1) is 13.8 Å². The van der Waals surface area contributed by atoms with Gasteiger partial charge in [0.25, 0.3) is 0 Å². The summed E-state index contributed by atoms with van der Waals surface area (Å²) in [6, 6.07) is 8.13. The number of anilines is 1. The number of amides is 2. The number of hydrogen-bond donors (Lipinski definition) is 1. The summed E-state index contributed by atoms with van der Waals surface area (Å²) < 4.78 is 7.82. The Morgan fingerprint density at radius 1 is 1.31 bits per heavy atom. The van der Waals surface area contributed by atoms with E-state index in [9.17, 15) is 9.59 Å². The second-order valence-corrected chi connectivity index (χ2v) is 8.01. The van der Waals surface area contributed by atoms with Gasteiger partial charge >= 0.3 is 0 Å². The van der Waals surface area contributed by atoms with Crippen molar-refractivity contribution < 1.29 is 14.3 Å². The van der Waals surface area contributed by atoms with Crippen LogP contribution in [0.3, 0.4) is 0 Å². The number of carbonyl (C=O) groups excluding carboxylic acids is 2. The van der Waals surface area contributed by atoms with E-state index in [0.29, 0.717) is 39.1 Å². The van der Waals surface area contributed by atoms with E-state index in [1.807, 2.05) is 35.6 Å². The lowest BCUT2D eigenvalue weighted by atomic mass is 10.0. The number of rotatable bonds is 6. The first kappa shape index (κ1) is 19.6. The van der Waals surface area contributed by atoms with Crippen molar-refractivity contribution in [3.8, 4) is 0 Å². The van der Waals surface area contributed by atoms with Crippen LogP contribution in [0.1, 0.15) is 35.4 Å².